The van der Waals surface area contributed by atoms with Gasteiger partial charge in [0, 0.05) is 5.92 Å². The van der Waals surface area contributed by atoms with E-state index in [4.69, 9.17) is 9.47 Å². The zero-order chi connectivity index (χ0) is 18.4. The van der Waals surface area contributed by atoms with Crippen LogP contribution < -0.4 is 9.47 Å². The number of benzene rings is 3. The molecule has 3 aromatic carbocycles. The van der Waals surface area contributed by atoms with E-state index in [0.717, 1.165) is 11.5 Å². The summed E-state index contributed by atoms with van der Waals surface area (Å²) in [5, 5.41) is 0. The third-order valence-electron chi connectivity index (χ3n) is 4.60. The van der Waals surface area contributed by atoms with Gasteiger partial charge in [-0.15, -0.1) is 0 Å². The summed E-state index contributed by atoms with van der Waals surface area (Å²) < 4.78 is 10.6. The maximum atomic E-state index is 5.30. The molecule has 2 heteroatoms. The SMILES string of the molecule is COc1ccc(C(/C=C(\C)c2ccccc2)c2ccc(OC)cc2)cc1. The van der Waals surface area contributed by atoms with Crippen LogP contribution in [0.25, 0.3) is 5.57 Å². The molecule has 3 rings (SSSR count). The van der Waals surface area contributed by atoms with Gasteiger partial charge in [-0.25, -0.2) is 0 Å². The highest BCUT2D eigenvalue weighted by atomic mass is 16.5. The smallest absolute Gasteiger partial charge is 0.118 e. The van der Waals surface area contributed by atoms with Crippen LogP contribution in [-0.2, 0) is 0 Å². The fourth-order valence-corrected chi connectivity index (χ4v) is 3.05. The van der Waals surface area contributed by atoms with E-state index >= 15 is 0 Å². The molecule has 0 amide bonds. The van der Waals surface area contributed by atoms with Crippen molar-refractivity contribution in [2.24, 2.45) is 0 Å². The largest absolute Gasteiger partial charge is 0.497 e. The van der Waals surface area contributed by atoms with Crippen molar-refractivity contribution in [2.75, 3.05) is 14.2 Å². The lowest BCUT2D eigenvalue weighted by Crippen LogP contribution is -1.99. The Balaban J connectivity index is 2.02. The Hall–Kier alpha value is -3.00. The standard InChI is InChI=1S/C24H24O2/c1-18(19-7-5-4-6-8-19)17-24(20-9-13-22(25-2)14-10-20)21-11-15-23(26-3)16-12-21/h4-17,24H,1-3H3/b18-17+. The Morgan fingerprint density at radius 2 is 1.15 bits per heavy atom. The molecule has 0 aliphatic rings. The highest BCUT2D eigenvalue weighted by molar-refractivity contribution is 5.65. The molecule has 26 heavy (non-hydrogen) atoms. The first-order valence-corrected chi connectivity index (χ1v) is 8.73. The van der Waals surface area contributed by atoms with Gasteiger partial charge >= 0.3 is 0 Å². The van der Waals surface area contributed by atoms with Crippen molar-refractivity contribution in [3.63, 3.8) is 0 Å². The highest BCUT2D eigenvalue weighted by Crippen LogP contribution is 2.31. The predicted molar refractivity (Wildman–Crippen MR) is 108 cm³/mol. The zero-order valence-electron chi connectivity index (χ0n) is 15.5. The lowest BCUT2D eigenvalue weighted by molar-refractivity contribution is 0.414. The van der Waals surface area contributed by atoms with Crippen molar-refractivity contribution in [1.82, 2.24) is 0 Å². The van der Waals surface area contributed by atoms with Gasteiger partial charge in [-0.3, -0.25) is 0 Å². The Labute approximate surface area is 155 Å². The number of hydrogen-bond acceptors (Lipinski definition) is 2. The van der Waals surface area contributed by atoms with Crippen LogP contribution in [0.15, 0.2) is 84.9 Å². The normalized spacial score (nSPS) is 11.5. The molecule has 0 unspecified atom stereocenters. The molecule has 0 radical (unpaired) electrons. The first-order chi connectivity index (χ1) is 12.7. The van der Waals surface area contributed by atoms with E-state index < -0.39 is 0 Å². The maximum Gasteiger partial charge on any atom is 0.118 e. The summed E-state index contributed by atoms with van der Waals surface area (Å²) in [5.41, 5.74) is 4.94. The van der Waals surface area contributed by atoms with Crippen LogP contribution in [0.5, 0.6) is 11.5 Å². The van der Waals surface area contributed by atoms with E-state index in [-0.39, 0.29) is 5.92 Å². The average Bonchev–Trinajstić information content (AvgIpc) is 2.73. The van der Waals surface area contributed by atoms with Crippen molar-refractivity contribution < 1.29 is 9.47 Å². The minimum absolute atomic E-state index is 0.159. The van der Waals surface area contributed by atoms with Gasteiger partial charge in [-0.05, 0) is 53.5 Å². The molecule has 0 fully saturated rings. The van der Waals surface area contributed by atoms with Crippen LogP contribution in [0.4, 0.5) is 0 Å². The molecule has 3 aromatic rings. The highest BCUT2D eigenvalue weighted by Gasteiger charge is 2.13. The van der Waals surface area contributed by atoms with Gasteiger partial charge in [0.2, 0.25) is 0 Å². The Morgan fingerprint density at radius 3 is 1.58 bits per heavy atom. The van der Waals surface area contributed by atoms with E-state index in [0.29, 0.717) is 0 Å². The van der Waals surface area contributed by atoms with Gasteiger partial charge in [0.05, 0.1) is 14.2 Å². The topological polar surface area (TPSA) is 18.5 Å². The van der Waals surface area contributed by atoms with Gasteiger partial charge in [-0.2, -0.15) is 0 Å². The van der Waals surface area contributed by atoms with Crippen LogP contribution >= 0.6 is 0 Å². The van der Waals surface area contributed by atoms with Gasteiger partial charge in [0.25, 0.3) is 0 Å². The fourth-order valence-electron chi connectivity index (χ4n) is 3.05. The van der Waals surface area contributed by atoms with E-state index in [1.165, 1.54) is 22.3 Å². The summed E-state index contributed by atoms with van der Waals surface area (Å²) in [6.45, 7) is 2.16. The van der Waals surface area contributed by atoms with Gasteiger partial charge in [0.1, 0.15) is 11.5 Å². The summed E-state index contributed by atoms with van der Waals surface area (Å²) in [6.07, 6.45) is 2.32. The lowest BCUT2D eigenvalue weighted by atomic mass is 9.88. The van der Waals surface area contributed by atoms with Gasteiger partial charge in [0.15, 0.2) is 0 Å². The molecule has 0 saturated heterocycles. The third-order valence-corrected chi connectivity index (χ3v) is 4.60. The maximum absolute atomic E-state index is 5.30. The van der Waals surface area contributed by atoms with Crippen LogP contribution in [0.2, 0.25) is 0 Å². The Morgan fingerprint density at radius 1 is 0.692 bits per heavy atom. The molecular weight excluding hydrogens is 320 g/mol. The second kappa shape index (κ2) is 8.39. The molecule has 0 aromatic heterocycles. The summed E-state index contributed by atoms with van der Waals surface area (Å²) in [7, 11) is 3.38. The number of hydrogen-bond donors (Lipinski definition) is 0. The minimum atomic E-state index is 0.159. The molecule has 0 atom stereocenters. The van der Waals surface area contributed by atoms with Gasteiger partial charge in [-0.1, -0.05) is 60.7 Å². The van der Waals surface area contributed by atoms with E-state index in [9.17, 15) is 0 Å². The van der Waals surface area contributed by atoms with Crippen molar-refractivity contribution in [1.29, 1.82) is 0 Å². The number of rotatable bonds is 6. The third kappa shape index (κ3) is 4.15. The van der Waals surface area contributed by atoms with Crippen molar-refractivity contribution in [3.8, 4) is 11.5 Å². The first-order valence-electron chi connectivity index (χ1n) is 8.73. The molecule has 132 valence electrons. The van der Waals surface area contributed by atoms with Crippen LogP contribution in [0.3, 0.4) is 0 Å². The van der Waals surface area contributed by atoms with E-state index in [1.54, 1.807) is 14.2 Å². The molecule has 0 heterocycles. The number of ether oxygens (including phenoxy) is 2. The molecule has 0 N–H and O–H groups in total. The first kappa shape index (κ1) is 17.8. The minimum Gasteiger partial charge on any atom is -0.497 e. The summed E-state index contributed by atoms with van der Waals surface area (Å²) in [4.78, 5) is 0. The summed E-state index contributed by atoms with van der Waals surface area (Å²) >= 11 is 0. The summed E-state index contributed by atoms with van der Waals surface area (Å²) in [6, 6.07) is 27.0. The summed E-state index contributed by atoms with van der Waals surface area (Å²) in [5.74, 6) is 1.89. The zero-order valence-corrected chi connectivity index (χ0v) is 15.5. The molecule has 0 spiro atoms. The Kier molecular flexibility index (Phi) is 5.75. The molecule has 0 saturated carbocycles. The molecule has 0 aliphatic carbocycles. The van der Waals surface area contributed by atoms with Crippen LogP contribution in [-0.4, -0.2) is 14.2 Å². The molecule has 2 nitrogen and oxygen atoms in total. The molecule has 0 aliphatic heterocycles. The average molecular weight is 344 g/mol. The quantitative estimate of drug-likeness (QED) is 0.551. The van der Waals surface area contributed by atoms with E-state index in [1.807, 2.05) is 30.3 Å². The molecular formula is C24H24O2. The van der Waals surface area contributed by atoms with E-state index in [2.05, 4.69) is 61.5 Å². The number of methoxy groups -OCH3 is 2. The second-order valence-corrected chi connectivity index (χ2v) is 6.24. The van der Waals surface area contributed by atoms with Crippen molar-refractivity contribution in [2.45, 2.75) is 12.8 Å². The van der Waals surface area contributed by atoms with Crippen molar-refractivity contribution >= 4 is 5.57 Å². The monoisotopic (exact) mass is 344 g/mol. The Bertz CT molecular complexity index is 799. The number of allylic oxidation sites excluding steroid dienone is 2. The lowest BCUT2D eigenvalue weighted by Gasteiger charge is -2.17. The van der Waals surface area contributed by atoms with Crippen molar-refractivity contribution in [3.05, 3.63) is 102 Å². The van der Waals surface area contributed by atoms with Crippen LogP contribution in [0.1, 0.15) is 29.5 Å². The van der Waals surface area contributed by atoms with Crippen LogP contribution in [0, 0.1) is 0 Å². The second-order valence-electron chi connectivity index (χ2n) is 6.24. The predicted octanol–water partition coefficient (Wildman–Crippen LogP) is 5.94. The fraction of sp³-hybridized carbons (Fsp3) is 0.167. The van der Waals surface area contributed by atoms with Gasteiger partial charge < -0.3 is 9.47 Å². The molecule has 0 bridgehead atoms.